The van der Waals surface area contributed by atoms with Gasteiger partial charge >= 0.3 is 0 Å². The Balaban J connectivity index is 1.72. The number of carbonyl (C=O) groups excluding carboxylic acids is 2. The molecule has 150 valence electrons. The summed E-state index contributed by atoms with van der Waals surface area (Å²) in [5.74, 6) is 1.19. The normalized spacial score (nSPS) is 20.9. The molecular formula is C21H32BrN3O2. The first-order chi connectivity index (χ1) is 12.7. The van der Waals surface area contributed by atoms with Crippen molar-refractivity contribution in [3.63, 3.8) is 0 Å². The van der Waals surface area contributed by atoms with Crippen LogP contribution in [0.4, 0.5) is 0 Å². The summed E-state index contributed by atoms with van der Waals surface area (Å²) in [6.45, 7) is 12.1. The second-order valence-corrected chi connectivity index (χ2v) is 9.37. The quantitative estimate of drug-likeness (QED) is 0.686. The molecule has 0 aromatic heterocycles. The van der Waals surface area contributed by atoms with Crippen LogP contribution in [0.25, 0.3) is 0 Å². The van der Waals surface area contributed by atoms with Gasteiger partial charge in [-0.25, -0.2) is 0 Å². The average Bonchev–Trinajstić information content (AvgIpc) is 2.60. The molecule has 1 aromatic rings. The topological polar surface area (TPSA) is 61.4 Å². The van der Waals surface area contributed by atoms with Gasteiger partial charge in [-0.15, -0.1) is 0 Å². The molecule has 2 rings (SSSR count). The molecule has 1 aliphatic heterocycles. The van der Waals surface area contributed by atoms with Gasteiger partial charge in [0.05, 0.1) is 0 Å². The molecule has 2 atom stereocenters. The zero-order chi connectivity index (χ0) is 20.0. The average molecular weight is 438 g/mol. The van der Waals surface area contributed by atoms with Gasteiger partial charge in [-0.1, -0.05) is 29.8 Å². The van der Waals surface area contributed by atoms with Crippen molar-refractivity contribution in [3.05, 3.63) is 34.3 Å². The van der Waals surface area contributed by atoms with Crippen molar-refractivity contribution in [1.82, 2.24) is 15.5 Å². The molecule has 2 N–H and O–H groups in total. The lowest BCUT2D eigenvalue weighted by Crippen LogP contribution is -2.56. The zero-order valence-electron chi connectivity index (χ0n) is 16.8. The first-order valence-corrected chi connectivity index (χ1v) is 10.5. The van der Waals surface area contributed by atoms with Crippen LogP contribution in [-0.4, -0.2) is 48.4 Å². The van der Waals surface area contributed by atoms with E-state index < -0.39 is 0 Å². The van der Waals surface area contributed by atoms with E-state index in [1.807, 2.05) is 12.1 Å². The molecule has 0 spiro atoms. The highest BCUT2D eigenvalue weighted by Crippen LogP contribution is 2.26. The van der Waals surface area contributed by atoms with Crippen LogP contribution in [-0.2, 0) is 4.79 Å². The fraction of sp³-hybridized carbons (Fsp3) is 0.619. The summed E-state index contributed by atoms with van der Waals surface area (Å²) in [6, 6.07) is 7.16. The number of nitrogens with one attached hydrogen (secondary N) is 2. The third-order valence-electron chi connectivity index (χ3n) is 5.19. The first-order valence-electron chi connectivity index (χ1n) is 9.73. The van der Waals surface area contributed by atoms with Crippen molar-refractivity contribution in [1.29, 1.82) is 0 Å². The van der Waals surface area contributed by atoms with E-state index in [0.717, 1.165) is 17.6 Å². The molecule has 1 aromatic carbocycles. The van der Waals surface area contributed by atoms with Crippen molar-refractivity contribution in [2.75, 3.05) is 26.2 Å². The molecule has 1 aliphatic rings. The number of hydrogen-bond acceptors (Lipinski definition) is 3. The molecule has 1 heterocycles. The van der Waals surface area contributed by atoms with Crippen molar-refractivity contribution in [2.24, 2.45) is 11.8 Å². The van der Waals surface area contributed by atoms with Gasteiger partial charge in [-0.2, -0.15) is 0 Å². The van der Waals surface area contributed by atoms with E-state index in [9.17, 15) is 9.59 Å². The van der Waals surface area contributed by atoms with Crippen LogP contribution in [0.2, 0.25) is 0 Å². The molecule has 0 radical (unpaired) electrons. The number of benzene rings is 1. The molecule has 0 unspecified atom stereocenters. The first kappa shape index (κ1) is 21.9. The molecule has 6 heteroatoms. The highest BCUT2D eigenvalue weighted by molar-refractivity contribution is 9.10. The Labute approximate surface area is 171 Å². The summed E-state index contributed by atoms with van der Waals surface area (Å²) < 4.78 is 0.929. The van der Waals surface area contributed by atoms with Gasteiger partial charge in [0.15, 0.2) is 0 Å². The van der Waals surface area contributed by atoms with Crippen molar-refractivity contribution < 1.29 is 9.59 Å². The van der Waals surface area contributed by atoms with E-state index >= 15 is 0 Å². The summed E-state index contributed by atoms with van der Waals surface area (Å²) in [7, 11) is 0. The molecular weight excluding hydrogens is 406 g/mol. The maximum absolute atomic E-state index is 12.2. The highest BCUT2D eigenvalue weighted by Gasteiger charge is 2.32. The zero-order valence-corrected chi connectivity index (χ0v) is 18.4. The number of rotatable bonds is 7. The molecule has 1 fully saturated rings. The summed E-state index contributed by atoms with van der Waals surface area (Å²) >= 11 is 3.35. The Kier molecular flexibility index (Phi) is 7.86. The van der Waals surface area contributed by atoms with Crippen LogP contribution >= 0.6 is 15.9 Å². The summed E-state index contributed by atoms with van der Waals surface area (Å²) in [4.78, 5) is 26.7. The number of likely N-dealkylation sites (tertiary alicyclic amines) is 1. The van der Waals surface area contributed by atoms with Crippen molar-refractivity contribution in [3.8, 4) is 0 Å². The van der Waals surface area contributed by atoms with E-state index in [-0.39, 0.29) is 23.8 Å². The molecule has 2 amide bonds. The van der Waals surface area contributed by atoms with E-state index in [2.05, 4.69) is 59.2 Å². The van der Waals surface area contributed by atoms with Crippen LogP contribution in [0.1, 0.15) is 50.9 Å². The summed E-state index contributed by atoms with van der Waals surface area (Å²) in [6.07, 6.45) is 1.56. The van der Waals surface area contributed by atoms with Gasteiger partial charge in [-0.3, -0.25) is 14.5 Å². The minimum atomic E-state index is -0.160. The summed E-state index contributed by atoms with van der Waals surface area (Å²) in [5, 5.41) is 5.83. The fourth-order valence-corrected chi connectivity index (χ4v) is 3.93. The Morgan fingerprint density at radius 2 is 1.70 bits per heavy atom. The predicted molar refractivity (Wildman–Crippen MR) is 113 cm³/mol. The number of piperidine rings is 1. The Bertz CT molecular complexity index is 635. The number of amides is 2. The van der Waals surface area contributed by atoms with Gasteiger partial charge in [0, 0.05) is 48.2 Å². The lowest BCUT2D eigenvalue weighted by molar-refractivity contribution is -0.121. The fourth-order valence-electron chi connectivity index (χ4n) is 3.67. The van der Waals surface area contributed by atoms with Gasteiger partial charge in [0.1, 0.15) is 0 Å². The third kappa shape index (κ3) is 6.92. The largest absolute Gasteiger partial charge is 0.354 e. The molecule has 0 saturated carbocycles. The van der Waals surface area contributed by atoms with Gasteiger partial charge < -0.3 is 10.6 Å². The van der Waals surface area contributed by atoms with Crippen molar-refractivity contribution in [2.45, 2.75) is 46.1 Å². The van der Waals surface area contributed by atoms with Crippen LogP contribution in [0.15, 0.2) is 28.7 Å². The van der Waals surface area contributed by atoms with Gasteiger partial charge in [0.25, 0.3) is 5.91 Å². The second kappa shape index (κ2) is 9.69. The SMILES string of the molecule is C[C@@H]1C[C@@H](C)CN(C(C)(C)CNC(=O)CCNC(=O)c2ccc(Br)cc2)C1. The van der Waals surface area contributed by atoms with E-state index in [1.165, 1.54) is 6.42 Å². The smallest absolute Gasteiger partial charge is 0.251 e. The standard InChI is InChI=1S/C21H32BrN3O2/c1-15-11-16(2)13-25(12-15)21(3,4)14-24-19(26)9-10-23-20(27)17-5-7-18(22)8-6-17/h5-8,15-16H,9-14H2,1-4H3,(H,23,27)(H,24,26)/t15-,16-/m1/s1. The molecule has 27 heavy (non-hydrogen) atoms. The molecule has 5 nitrogen and oxygen atoms in total. The van der Waals surface area contributed by atoms with Gasteiger partial charge in [-0.05, 0) is 56.4 Å². The summed E-state index contributed by atoms with van der Waals surface area (Å²) in [5.41, 5.74) is 0.521. The van der Waals surface area contributed by atoms with Gasteiger partial charge in [0.2, 0.25) is 5.91 Å². The van der Waals surface area contributed by atoms with E-state index in [4.69, 9.17) is 0 Å². The number of carbonyl (C=O) groups is 2. The predicted octanol–water partition coefficient (Wildman–Crippen LogP) is 3.44. The minimum Gasteiger partial charge on any atom is -0.354 e. The van der Waals surface area contributed by atoms with E-state index in [0.29, 0.717) is 30.5 Å². The molecule has 0 bridgehead atoms. The van der Waals surface area contributed by atoms with Crippen LogP contribution < -0.4 is 10.6 Å². The number of halogens is 1. The Morgan fingerprint density at radius 1 is 1.11 bits per heavy atom. The maximum atomic E-state index is 12.2. The third-order valence-corrected chi connectivity index (χ3v) is 5.72. The van der Waals surface area contributed by atoms with E-state index in [1.54, 1.807) is 12.1 Å². The second-order valence-electron chi connectivity index (χ2n) is 8.45. The highest BCUT2D eigenvalue weighted by atomic mass is 79.9. The van der Waals surface area contributed by atoms with Crippen molar-refractivity contribution >= 4 is 27.7 Å². The van der Waals surface area contributed by atoms with Crippen LogP contribution in [0.3, 0.4) is 0 Å². The number of hydrogen-bond donors (Lipinski definition) is 2. The Hall–Kier alpha value is -1.40. The lowest BCUT2D eigenvalue weighted by Gasteiger charge is -2.45. The minimum absolute atomic E-state index is 0.0303. The maximum Gasteiger partial charge on any atom is 0.251 e. The monoisotopic (exact) mass is 437 g/mol. The lowest BCUT2D eigenvalue weighted by atomic mass is 9.88. The molecule has 1 saturated heterocycles. The Morgan fingerprint density at radius 3 is 2.30 bits per heavy atom. The number of nitrogens with zero attached hydrogens (tertiary/aromatic N) is 1. The van der Waals surface area contributed by atoms with Crippen LogP contribution in [0.5, 0.6) is 0 Å². The molecule has 0 aliphatic carbocycles. The van der Waals surface area contributed by atoms with Crippen LogP contribution in [0, 0.1) is 11.8 Å².